The first kappa shape index (κ1) is 17.7. The van der Waals surface area contributed by atoms with Crippen molar-refractivity contribution in [1.29, 1.82) is 0 Å². The van der Waals surface area contributed by atoms with Gasteiger partial charge in [0.15, 0.2) is 0 Å². The molecule has 0 aliphatic heterocycles. The first-order valence-electron chi connectivity index (χ1n) is 9.81. The van der Waals surface area contributed by atoms with Crippen LogP contribution in [0.25, 0.3) is 43.4 Å². The van der Waals surface area contributed by atoms with Crippen molar-refractivity contribution >= 4 is 48.2 Å². The van der Waals surface area contributed by atoms with E-state index in [2.05, 4.69) is 110 Å². The van der Waals surface area contributed by atoms with Crippen LogP contribution < -0.4 is 0 Å². The molecule has 0 aromatic heterocycles. The number of hydrogen-bond donors (Lipinski definition) is 0. The molecule has 0 saturated carbocycles. The standard InChI is InChI=1S/C27H23Br/c1-16-5-7-17(8-6-16)23-15-24(28)22-12-10-19-14-20(27(2,3)4)13-18-9-11-21(23)26(22)25(18)19/h5-15H,1-4H3. The van der Waals surface area contributed by atoms with Gasteiger partial charge in [0, 0.05) is 4.47 Å². The zero-order chi connectivity index (χ0) is 19.6. The minimum Gasteiger partial charge on any atom is -0.0587 e. The van der Waals surface area contributed by atoms with Crippen LogP contribution in [0.3, 0.4) is 0 Å². The van der Waals surface area contributed by atoms with Crippen molar-refractivity contribution in [3.05, 3.63) is 82.3 Å². The van der Waals surface area contributed by atoms with Crippen LogP contribution in [-0.4, -0.2) is 0 Å². The normalized spacial score (nSPS) is 12.5. The molecular weight excluding hydrogens is 404 g/mol. The summed E-state index contributed by atoms with van der Waals surface area (Å²) in [4.78, 5) is 0. The van der Waals surface area contributed by atoms with E-state index in [4.69, 9.17) is 0 Å². The van der Waals surface area contributed by atoms with E-state index in [1.807, 2.05) is 0 Å². The molecule has 0 nitrogen and oxygen atoms in total. The molecule has 0 aliphatic rings. The number of hydrogen-bond acceptors (Lipinski definition) is 0. The van der Waals surface area contributed by atoms with Crippen LogP contribution in [0.5, 0.6) is 0 Å². The summed E-state index contributed by atoms with van der Waals surface area (Å²) in [5.74, 6) is 0. The molecule has 0 unspecified atom stereocenters. The third-order valence-electron chi connectivity index (χ3n) is 5.89. The second kappa shape index (κ2) is 6.06. The fourth-order valence-electron chi connectivity index (χ4n) is 4.28. The minimum absolute atomic E-state index is 0.137. The maximum Gasteiger partial charge on any atom is 0.0260 e. The molecule has 0 bridgehead atoms. The Kier molecular flexibility index (Phi) is 3.83. The summed E-state index contributed by atoms with van der Waals surface area (Å²) in [6.07, 6.45) is 0. The quantitative estimate of drug-likeness (QED) is 0.235. The fourth-order valence-corrected chi connectivity index (χ4v) is 4.84. The molecule has 28 heavy (non-hydrogen) atoms. The molecular formula is C27H23Br. The monoisotopic (exact) mass is 426 g/mol. The van der Waals surface area contributed by atoms with Crippen LogP contribution in [0.15, 0.2) is 71.2 Å². The van der Waals surface area contributed by atoms with Gasteiger partial charge in [-0.3, -0.25) is 0 Å². The molecule has 138 valence electrons. The first-order valence-corrected chi connectivity index (χ1v) is 10.6. The Labute approximate surface area is 174 Å². The van der Waals surface area contributed by atoms with Gasteiger partial charge in [0.2, 0.25) is 0 Å². The van der Waals surface area contributed by atoms with E-state index in [1.165, 1.54) is 54.6 Å². The maximum atomic E-state index is 3.85. The van der Waals surface area contributed by atoms with Crippen LogP contribution in [0.1, 0.15) is 31.9 Å². The Morgan fingerprint density at radius 3 is 1.89 bits per heavy atom. The predicted molar refractivity (Wildman–Crippen MR) is 127 cm³/mol. The van der Waals surface area contributed by atoms with Crippen LogP contribution >= 0.6 is 15.9 Å². The molecule has 0 saturated heterocycles. The van der Waals surface area contributed by atoms with Crippen molar-refractivity contribution in [1.82, 2.24) is 0 Å². The summed E-state index contributed by atoms with van der Waals surface area (Å²) in [6, 6.07) is 25.0. The van der Waals surface area contributed by atoms with E-state index >= 15 is 0 Å². The average molecular weight is 427 g/mol. The number of rotatable bonds is 1. The first-order chi connectivity index (χ1) is 13.3. The Balaban J connectivity index is 1.93. The van der Waals surface area contributed by atoms with E-state index in [-0.39, 0.29) is 5.41 Å². The highest BCUT2D eigenvalue weighted by Gasteiger charge is 2.19. The predicted octanol–water partition coefficient (Wildman–Crippen LogP) is 8.62. The maximum absolute atomic E-state index is 3.85. The molecule has 1 heteroatoms. The highest BCUT2D eigenvalue weighted by molar-refractivity contribution is 9.10. The highest BCUT2D eigenvalue weighted by atomic mass is 79.9. The SMILES string of the molecule is Cc1ccc(-c2cc(Br)c3ccc4cc(C(C)(C)C)cc5ccc2c3c45)cc1. The topological polar surface area (TPSA) is 0 Å². The summed E-state index contributed by atoms with van der Waals surface area (Å²) < 4.78 is 1.16. The van der Waals surface area contributed by atoms with Crippen molar-refractivity contribution in [2.24, 2.45) is 0 Å². The van der Waals surface area contributed by atoms with E-state index in [9.17, 15) is 0 Å². The highest BCUT2D eigenvalue weighted by Crippen LogP contribution is 2.43. The smallest absolute Gasteiger partial charge is 0.0260 e. The van der Waals surface area contributed by atoms with Crippen molar-refractivity contribution in [3.8, 4) is 11.1 Å². The Morgan fingerprint density at radius 2 is 1.29 bits per heavy atom. The number of aryl methyl sites for hydroxylation is 1. The van der Waals surface area contributed by atoms with Gasteiger partial charge in [-0.15, -0.1) is 0 Å². The molecule has 5 rings (SSSR count). The van der Waals surface area contributed by atoms with Gasteiger partial charge in [0.05, 0.1) is 0 Å². The fraction of sp³-hybridized carbons (Fsp3) is 0.185. The van der Waals surface area contributed by atoms with Crippen LogP contribution in [0.4, 0.5) is 0 Å². The lowest BCUT2D eigenvalue weighted by Gasteiger charge is -2.22. The summed E-state index contributed by atoms with van der Waals surface area (Å²) in [5, 5.41) is 8.00. The third kappa shape index (κ3) is 2.64. The van der Waals surface area contributed by atoms with Gasteiger partial charge in [-0.05, 0) is 67.4 Å². The molecule has 0 heterocycles. The van der Waals surface area contributed by atoms with Gasteiger partial charge in [-0.25, -0.2) is 0 Å². The molecule has 0 spiro atoms. The van der Waals surface area contributed by atoms with Gasteiger partial charge < -0.3 is 0 Å². The van der Waals surface area contributed by atoms with Gasteiger partial charge in [0.1, 0.15) is 0 Å². The Hall–Kier alpha value is -2.38. The zero-order valence-electron chi connectivity index (χ0n) is 16.7. The summed E-state index contributed by atoms with van der Waals surface area (Å²) in [5.41, 5.74) is 5.36. The summed E-state index contributed by atoms with van der Waals surface area (Å²) in [6.45, 7) is 8.99. The second-order valence-corrected chi connectivity index (χ2v) is 9.78. The van der Waals surface area contributed by atoms with Crippen molar-refractivity contribution in [2.45, 2.75) is 33.1 Å². The number of benzene rings is 5. The van der Waals surface area contributed by atoms with E-state index in [1.54, 1.807) is 0 Å². The molecule has 0 radical (unpaired) electrons. The Bertz CT molecular complexity index is 1320. The largest absolute Gasteiger partial charge is 0.0587 e. The minimum atomic E-state index is 0.137. The summed E-state index contributed by atoms with van der Waals surface area (Å²) in [7, 11) is 0. The zero-order valence-corrected chi connectivity index (χ0v) is 18.3. The lowest BCUT2D eigenvalue weighted by atomic mass is 9.83. The van der Waals surface area contributed by atoms with E-state index in [0.29, 0.717) is 0 Å². The molecule has 5 aromatic rings. The van der Waals surface area contributed by atoms with Crippen molar-refractivity contribution in [2.75, 3.05) is 0 Å². The van der Waals surface area contributed by atoms with Crippen molar-refractivity contribution < 1.29 is 0 Å². The van der Waals surface area contributed by atoms with E-state index < -0.39 is 0 Å². The average Bonchev–Trinajstić information content (AvgIpc) is 2.66. The lowest BCUT2D eigenvalue weighted by molar-refractivity contribution is 0.591. The van der Waals surface area contributed by atoms with Crippen LogP contribution in [0.2, 0.25) is 0 Å². The van der Waals surface area contributed by atoms with Gasteiger partial charge in [0.25, 0.3) is 0 Å². The second-order valence-electron chi connectivity index (χ2n) is 8.92. The van der Waals surface area contributed by atoms with Gasteiger partial charge >= 0.3 is 0 Å². The van der Waals surface area contributed by atoms with E-state index in [0.717, 1.165) is 4.47 Å². The van der Waals surface area contributed by atoms with Crippen molar-refractivity contribution in [3.63, 3.8) is 0 Å². The molecule has 0 N–H and O–H groups in total. The molecule has 0 aliphatic carbocycles. The lowest BCUT2D eigenvalue weighted by Crippen LogP contribution is -2.10. The van der Waals surface area contributed by atoms with Crippen LogP contribution in [0, 0.1) is 6.92 Å². The third-order valence-corrected chi connectivity index (χ3v) is 6.55. The van der Waals surface area contributed by atoms with Crippen LogP contribution in [-0.2, 0) is 5.41 Å². The molecule has 0 atom stereocenters. The number of halogens is 1. The molecule has 0 fully saturated rings. The molecule has 5 aromatic carbocycles. The van der Waals surface area contributed by atoms with Gasteiger partial charge in [-0.1, -0.05) is 103 Å². The van der Waals surface area contributed by atoms with Gasteiger partial charge in [-0.2, -0.15) is 0 Å². The Morgan fingerprint density at radius 1 is 0.679 bits per heavy atom. The summed E-state index contributed by atoms with van der Waals surface area (Å²) >= 11 is 3.85. The molecule has 0 amide bonds.